The molecule has 102 valence electrons. The molecule has 1 aromatic rings. The number of nitrogens with zero attached hydrogens (tertiary/aromatic N) is 1. The van der Waals surface area contributed by atoms with Crippen molar-refractivity contribution in [3.05, 3.63) is 18.3 Å². The van der Waals surface area contributed by atoms with Crippen molar-refractivity contribution < 1.29 is 4.74 Å². The summed E-state index contributed by atoms with van der Waals surface area (Å²) in [5.41, 5.74) is 5.84. The predicted octanol–water partition coefficient (Wildman–Crippen LogP) is 3.11. The summed E-state index contributed by atoms with van der Waals surface area (Å²) in [4.78, 5) is 4.09. The lowest BCUT2D eigenvalue weighted by Gasteiger charge is -2.54. The van der Waals surface area contributed by atoms with Gasteiger partial charge in [0.25, 0.3) is 0 Å². The molecule has 1 heterocycles. The molecule has 0 amide bonds. The van der Waals surface area contributed by atoms with Crippen LogP contribution in [0.1, 0.15) is 32.1 Å². The number of nitrogens with two attached hydrogens (primary N) is 1. The van der Waals surface area contributed by atoms with Crippen LogP contribution in [-0.4, -0.2) is 11.6 Å². The Morgan fingerprint density at radius 2 is 1.79 bits per heavy atom. The van der Waals surface area contributed by atoms with E-state index in [9.17, 15) is 0 Å². The maximum Gasteiger partial charge on any atom is 0.166 e. The fraction of sp³-hybridized carbons (Fsp3) is 0.688. The molecule has 0 unspecified atom stereocenters. The van der Waals surface area contributed by atoms with Gasteiger partial charge in [0, 0.05) is 6.20 Å². The summed E-state index contributed by atoms with van der Waals surface area (Å²) in [5.74, 6) is 5.92. The van der Waals surface area contributed by atoms with Crippen molar-refractivity contribution in [2.45, 2.75) is 32.1 Å². The van der Waals surface area contributed by atoms with E-state index >= 15 is 0 Å². The smallest absolute Gasteiger partial charge is 0.166 e. The molecule has 1 aromatic heterocycles. The Hall–Kier alpha value is -1.25. The van der Waals surface area contributed by atoms with Crippen LogP contribution in [0.5, 0.6) is 5.75 Å². The molecule has 0 atom stereocenters. The molecule has 0 saturated heterocycles. The Balaban J connectivity index is 1.45. The SMILES string of the molecule is Nc1ncccc1OCC1C2CC3CC(C2)CC1C3. The molecule has 0 aromatic carbocycles. The van der Waals surface area contributed by atoms with Crippen molar-refractivity contribution in [1.82, 2.24) is 4.98 Å². The van der Waals surface area contributed by atoms with Gasteiger partial charge in [-0.15, -0.1) is 0 Å². The molecule has 19 heavy (non-hydrogen) atoms. The molecule has 0 spiro atoms. The van der Waals surface area contributed by atoms with Crippen LogP contribution in [0.2, 0.25) is 0 Å². The first kappa shape index (κ1) is 11.6. The Morgan fingerprint density at radius 1 is 1.11 bits per heavy atom. The number of pyridine rings is 1. The lowest BCUT2D eigenvalue weighted by Crippen LogP contribution is -2.47. The van der Waals surface area contributed by atoms with Gasteiger partial charge in [-0.2, -0.15) is 0 Å². The molecule has 4 saturated carbocycles. The van der Waals surface area contributed by atoms with E-state index in [0.717, 1.165) is 41.9 Å². The van der Waals surface area contributed by atoms with Gasteiger partial charge in [-0.25, -0.2) is 4.98 Å². The zero-order valence-corrected chi connectivity index (χ0v) is 11.3. The summed E-state index contributed by atoms with van der Waals surface area (Å²) in [6.45, 7) is 0.838. The molecule has 2 N–H and O–H groups in total. The summed E-state index contributed by atoms with van der Waals surface area (Å²) in [5, 5.41) is 0. The highest BCUT2D eigenvalue weighted by atomic mass is 16.5. The lowest BCUT2D eigenvalue weighted by atomic mass is 9.52. The Kier molecular flexibility index (Phi) is 2.68. The molecule has 4 aliphatic rings. The van der Waals surface area contributed by atoms with E-state index in [-0.39, 0.29) is 0 Å². The third kappa shape index (κ3) is 1.99. The van der Waals surface area contributed by atoms with Crippen LogP contribution < -0.4 is 10.5 Å². The highest BCUT2D eigenvalue weighted by molar-refractivity contribution is 5.44. The minimum atomic E-state index is 0.520. The van der Waals surface area contributed by atoms with Gasteiger partial charge in [-0.1, -0.05) is 0 Å². The van der Waals surface area contributed by atoms with E-state index in [1.165, 1.54) is 32.1 Å². The third-order valence-electron chi connectivity index (χ3n) is 5.65. The van der Waals surface area contributed by atoms with Crippen molar-refractivity contribution in [3.8, 4) is 5.75 Å². The first-order chi connectivity index (χ1) is 9.29. The standard InChI is InChI=1S/C16H22N2O/c17-16-15(2-1-3-18-16)19-9-14-12-5-10-4-11(7-12)8-13(14)6-10/h1-3,10-14H,4-9H2,(H2,17,18). The Bertz CT molecular complexity index is 446. The minimum Gasteiger partial charge on any atom is -0.489 e. The number of rotatable bonds is 3. The van der Waals surface area contributed by atoms with Crippen molar-refractivity contribution in [3.63, 3.8) is 0 Å². The molecule has 4 bridgehead atoms. The average molecular weight is 258 g/mol. The highest BCUT2D eigenvalue weighted by Gasteiger charge is 2.48. The summed E-state index contributed by atoms with van der Waals surface area (Å²) >= 11 is 0. The fourth-order valence-corrected chi connectivity index (χ4v) is 5.02. The predicted molar refractivity (Wildman–Crippen MR) is 74.7 cm³/mol. The largest absolute Gasteiger partial charge is 0.489 e. The molecule has 5 rings (SSSR count). The second kappa shape index (κ2) is 4.39. The van der Waals surface area contributed by atoms with Crippen molar-refractivity contribution in [1.29, 1.82) is 0 Å². The molecule has 3 heteroatoms. The second-order valence-electron chi connectivity index (χ2n) is 6.79. The van der Waals surface area contributed by atoms with Crippen molar-refractivity contribution >= 4 is 5.82 Å². The number of aromatic nitrogens is 1. The number of nitrogen functional groups attached to an aromatic ring is 1. The highest BCUT2D eigenvalue weighted by Crippen LogP contribution is 2.56. The van der Waals surface area contributed by atoms with Gasteiger partial charge in [-0.3, -0.25) is 0 Å². The van der Waals surface area contributed by atoms with E-state index in [0.29, 0.717) is 5.82 Å². The topological polar surface area (TPSA) is 48.1 Å². The fourth-order valence-electron chi connectivity index (χ4n) is 5.02. The van der Waals surface area contributed by atoms with Crippen LogP contribution in [0.4, 0.5) is 5.82 Å². The molecule has 3 nitrogen and oxygen atoms in total. The van der Waals surface area contributed by atoms with E-state index in [1.807, 2.05) is 12.1 Å². The minimum absolute atomic E-state index is 0.520. The van der Waals surface area contributed by atoms with Crippen LogP contribution in [-0.2, 0) is 0 Å². The molecular formula is C16H22N2O. The number of hydrogen-bond acceptors (Lipinski definition) is 3. The van der Waals surface area contributed by atoms with Gasteiger partial charge < -0.3 is 10.5 Å². The first-order valence-electron chi connectivity index (χ1n) is 7.63. The number of ether oxygens (including phenoxy) is 1. The first-order valence-corrected chi connectivity index (χ1v) is 7.63. The summed E-state index contributed by atoms with van der Waals surface area (Å²) < 4.78 is 5.98. The third-order valence-corrected chi connectivity index (χ3v) is 5.65. The van der Waals surface area contributed by atoms with E-state index in [1.54, 1.807) is 6.20 Å². The average Bonchev–Trinajstić information content (AvgIpc) is 2.39. The summed E-state index contributed by atoms with van der Waals surface area (Å²) in [6, 6.07) is 3.82. The van der Waals surface area contributed by atoms with E-state index in [2.05, 4.69) is 4.98 Å². The van der Waals surface area contributed by atoms with Crippen LogP contribution in [0.3, 0.4) is 0 Å². The van der Waals surface area contributed by atoms with Crippen LogP contribution >= 0.6 is 0 Å². The van der Waals surface area contributed by atoms with Gasteiger partial charge in [0.05, 0.1) is 6.61 Å². The monoisotopic (exact) mass is 258 g/mol. The van der Waals surface area contributed by atoms with Crippen molar-refractivity contribution in [2.24, 2.45) is 29.6 Å². The van der Waals surface area contributed by atoms with Crippen molar-refractivity contribution in [2.75, 3.05) is 12.3 Å². The quantitative estimate of drug-likeness (QED) is 0.906. The zero-order valence-electron chi connectivity index (χ0n) is 11.3. The Labute approximate surface area is 114 Å². The summed E-state index contributed by atoms with van der Waals surface area (Å²) in [7, 11) is 0. The molecule has 4 aliphatic carbocycles. The van der Waals surface area contributed by atoms with Crippen LogP contribution in [0, 0.1) is 29.6 Å². The summed E-state index contributed by atoms with van der Waals surface area (Å²) in [6.07, 6.45) is 9.02. The molecule has 0 aliphatic heterocycles. The molecule has 4 fully saturated rings. The number of anilines is 1. The van der Waals surface area contributed by atoms with E-state index < -0.39 is 0 Å². The number of hydrogen-bond donors (Lipinski definition) is 1. The zero-order chi connectivity index (χ0) is 12.8. The van der Waals surface area contributed by atoms with Crippen LogP contribution in [0.25, 0.3) is 0 Å². The van der Waals surface area contributed by atoms with Gasteiger partial charge >= 0.3 is 0 Å². The second-order valence-corrected chi connectivity index (χ2v) is 6.79. The van der Waals surface area contributed by atoms with Gasteiger partial charge in [-0.05, 0) is 73.8 Å². The van der Waals surface area contributed by atoms with Gasteiger partial charge in [0.2, 0.25) is 0 Å². The Morgan fingerprint density at radius 3 is 2.42 bits per heavy atom. The van der Waals surface area contributed by atoms with E-state index in [4.69, 9.17) is 10.5 Å². The maximum atomic E-state index is 5.98. The molecule has 0 radical (unpaired) electrons. The van der Waals surface area contributed by atoms with Gasteiger partial charge in [0.15, 0.2) is 11.6 Å². The molecular weight excluding hydrogens is 236 g/mol. The van der Waals surface area contributed by atoms with Crippen LogP contribution in [0.15, 0.2) is 18.3 Å². The maximum absolute atomic E-state index is 5.98. The normalized spacial score (nSPS) is 39.5. The van der Waals surface area contributed by atoms with Gasteiger partial charge in [0.1, 0.15) is 0 Å². The lowest BCUT2D eigenvalue weighted by molar-refractivity contribution is -0.0528.